The van der Waals surface area contributed by atoms with Gasteiger partial charge in [-0.15, -0.1) is 0 Å². The van der Waals surface area contributed by atoms with E-state index in [9.17, 15) is 13.2 Å². The van der Waals surface area contributed by atoms with Crippen LogP contribution in [0.2, 0.25) is 0 Å². The first-order valence-electron chi connectivity index (χ1n) is 6.52. The van der Waals surface area contributed by atoms with Crippen molar-refractivity contribution in [2.24, 2.45) is 0 Å². The number of alkyl halides is 3. The minimum Gasteiger partial charge on any atom is -0.166 e. The maximum absolute atomic E-state index is 12.3. The van der Waals surface area contributed by atoms with Crippen LogP contribution in [0.1, 0.15) is 31.9 Å². The first-order chi connectivity index (χ1) is 9.34. The molecule has 0 N–H and O–H groups in total. The topological polar surface area (TPSA) is 0 Å². The Labute approximate surface area is 119 Å². The van der Waals surface area contributed by atoms with Crippen LogP contribution >= 0.6 is 0 Å². The van der Waals surface area contributed by atoms with Gasteiger partial charge in [-0.1, -0.05) is 68.5 Å². The minimum absolute atomic E-state index is 0.736. The van der Waals surface area contributed by atoms with E-state index in [4.69, 9.17) is 0 Å². The average molecular weight is 282 g/mol. The lowest BCUT2D eigenvalue weighted by molar-refractivity contribution is -0.0878. The summed E-state index contributed by atoms with van der Waals surface area (Å²) in [6.07, 6.45) is -0.177. The molecule has 0 aliphatic heterocycles. The van der Waals surface area contributed by atoms with Gasteiger partial charge in [-0.3, -0.25) is 0 Å². The van der Waals surface area contributed by atoms with E-state index in [2.05, 4.69) is 6.58 Å². The zero-order chi connectivity index (χ0) is 15.8. The smallest absolute Gasteiger partial charge is 0.166 e. The Balaban J connectivity index is 0.00000172. The van der Waals surface area contributed by atoms with Gasteiger partial charge in [0, 0.05) is 5.57 Å². The van der Waals surface area contributed by atoms with Crippen LogP contribution < -0.4 is 0 Å². The van der Waals surface area contributed by atoms with E-state index in [-0.39, 0.29) is 0 Å². The Morgan fingerprint density at radius 1 is 1.05 bits per heavy atom. The normalized spacial score (nSPS) is 12.1. The minimum atomic E-state index is -4.37. The van der Waals surface area contributed by atoms with Crippen LogP contribution in [0.15, 0.2) is 54.6 Å². The lowest BCUT2D eigenvalue weighted by Crippen LogP contribution is -2.08. The van der Waals surface area contributed by atoms with Crippen molar-refractivity contribution < 1.29 is 13.2 Å². The molecule has 20 heavy (non-hydrogen) atoms. The molecule has 0 fully saturated rings. The maximum atomic E-state index is 12.3. The zero-order valence-electron chi connectivity index (χ0n) is 12.4. The van der Waals surface area contributed by atoms with Gasteiger partial charge in [0.25, 0.3) is 0 Å². The Bertz CT molecular complexity index is 474. The summed E-state index contributed by atoms with van der Waals surface area (Å²) in [5.74, 6) is 0. The van der Waals surface area contributed by atoms with Gasteiger partial charge in [-0.05, 0) is 25.0 Å². The molecule has 0 aliphatic rings. The van der Waals surface area contributed by atoms with E-state index in [1.165, 1.54) is 6.08 Å². The number of benzene rings is 1. The predicted octanol–water partition coefficient (Wildman–Crippen LogP) is 6.10. The second-order valence-electron chi connectivity index (χ2n) is 3.97. The highest BCUT2D eigenvalue weighted by Crippen LogP contribution is 2.26. The van der Waals surface area contributed by atoms with Crippen molar-refractivity contribution in [2.75, 3.05) is 0 Å². The van der Waals surface area contributed by atoms with Crippen LogP contribution in [0.3, 0.4) is 0 Å². The average Bonchev–Trinajstić information content (AvgIpc) is 2.42. The van der Waals surface area contributed by atoms with E-state index in [0.29, 0.717) is 0 Å². The highest BCUT2D eigenvalue weighted by atomic mass is 19.4. The van der Waals surface area contributed by atoms with Gasteiger partial charge in [0.05, 0.1) is 0 Å². The number of aryl methyl sites for hydroxylation is 1. The summed E-state index contributed by atoms with van der Waals surface area (Å²) in [5.41, 5.74) is 1.88. The third-order valence-corrected chi connectivity index (χ3v) is 2.52. The van der Waals surface area contributed by atoms with Gasteiger partial charge in [0.2, 0.25) is 0 Å². The number of halogens is 3. The van der Waals surface area contributed by atoms with E-state index in [1.807, 2.05) is 45.0 Å². The summed E-state index contributed by atoms with van der Waals surface area (Å²) in [6.45, 7) is 10.7. The molecule has 0 bridgehead atoms. The summed E-state index contributed by atoms with van der Waals surface area (Å²) in [7, 11) is 0. The maximum Gasteiger partial charge on any atom is 0.415 e. The van der Waals surface area contributed by atoms with Crippen molar-refractivity contribution in [3.05, 3.63) is 65.8 Å². The first kappa shape index (κ1) is 18.2. The van der Waals surface area contributed by atoms with Gasteiger partial charge in [-0.25, -0.2) is 0 Å². The lowest BCUT2D eigenvalue weighted by Gasteiger charge is -2.06. The molecule has 0 unspecified atom stereocenters. The number of hydrogen-bond donors (Lipinski definition) is 0. The van der Waals surface area contributed by atoms with Gasteiger partial charge >= 0.3 is 6.18 Å². The Morgan fingerprint density at radius 2 is 1.55 bits per heavy atom. The van der Waals surface area contributed by atoms with Gasteiger partial charge in [0.1, 0.15) is 0 Å². The molecule has 0 nitrogen and oxygen atoms in total. The Kier molecular flexibility index (Phi) is 7.67. The van der Waals surface area contributed by atoms with Crippen LogP contribution in [0.25, 0.3) is 5.57 Å². The second kappa shape index (κ2) is 8.41. The van der Waals surface area contributed by atoms with Crippen molar-refractivity contribution >= 4 is 5.57 Å². The highest BCUT2D eigenvalue weighted by molar-refractivity contribution is 5.74. The van der Waals surface area contributed by atoms with E-state index in [1.54, 1.807) is 13.0 Å². The Hall–Kier alpha value is -1.77. The third-order valence-electron chi connectivity index (χ3n) is 2.52. The number of hydrogen-bond acceptors (Lipinski definition) is 0. The molecule has 1 aromatic rings. The Morgan fingerprint density at radius 3 is 1.95 bits per heavy atom. The summed E-state index contributed by atoms with van der Waals surface area (Å²) < 4.78 is 36.9. The zero-order valence-corrected chi connectivity index (χ0v) is 12.4. The lowest BCUT2D eigenvalue weighted by atomic mass is 10.0. The molecule has 0 spiro atoms. The van der Waals surface area contributed by atoms with E-state index >= 15 is 0 Å². The SMILES string of the molecule is C=C(/C=C\C(=C/C)c1ccc(C)cc1)C(F)(F)F.CC. The first-order valence-corrected chi connectivity index (χ1v) is 6.52. The van der Waals surface area contributed by atoms with Gasteiger partial charge < -0.3 is 0 Å². The summed E-state index contributed by atoms with van der Waals surface area (Å²) in [6, 6.07) is 7.60. The molecule has 3 heteroatoms. The molecule has 0 heterocycles. The number of allylic oxidation sites excluding steroid dienone is 5. The monoisotopic (exact) mass is 282 g/mol. The van der Waals surface area contributed by atoms with Crippen molar-refractivity contribution in [3.63, 3.8) is 0 Å². The van der Waals surface area contributed by atoms with Crippen molar-refractivity contribution in [3.8, 4) is 0 Å². The third kappa shape index (κ3) is 5.91. The quantitative estimate of drug-likeness (QED) is 0.588. The van der Waals surface area contributed by atoms with Crippen LogP contribution in [0.5, 0.6) is 0 Å². The molecular weight excluding hydrogens is 261 g/mol. The highest BCUT2D eigenvalue weighted by Gasteiger charge is 2.29. The largest absolute Gasteiger partial charge is 0.415 e. The van der Waals surface area contributed by atoms with Gasteiger partial charge in [0.15, 0.2) is 0 Å². The summed E-state index contributed by atoms with van der Waals surface area (Å²) in [5, 5.41) is 0. The molecule has 1 rings (SSSR count). The van der Waals surface area contributed by atoms with Crippen LogP contribution in [-0.4, -0.2) is 6.18 Å². The van der Waals surface area contributed by atoms with Crippen LogP contribution in [0, 0.1) is 6.92 Å². The van der Waals surface area contributed by atoms with E-state index < -0.39 is 11.7 Å². The van der Waals surface area contributed by atoms with Gasteiger partial charge in [-0.2, -0.15) is 13.2 Å². The molecule has 0 radical (unpaired) electrons. The molecule has 110 valence electrons. The second-order valence-corrected chi connectivity index (χ2v) is 3.97. The molecule has 1 aromatic carbocycles. The van der Waals surface area contributed by atoms with Crippen molar-refractivity contribution in [1.82, 2.24) is 0 Å². The standard InChI is InChI=1S/C15H15F3.C2H6/c1-4-13(10-7-12(3)15(16,17)18)14-8-5-11(2)6-9-14;1-2/h4-10H,3H2,1-2H3;1-2H3/b10-7-,13-4+;. The molecule has 0 amide bonds. The number of rotatable bonds is 3. The molecule has 0 atom stereocenters. The molecule has 0 aliphatic carbocycles. The molecule has 0 saturated carbocycles. The van der Waals surface area contributed by atoms with Crippen molar-refractivity contribution in [2.45, 2.75) is 33.9 Å². The molecular formula is C17H21F3. The summed E-state index contributed by atoms with van der Waals surface area (Å²) >= 11 is 0. The molecule has 0 aromatic heterocycles. The fourth-order valence-corrected chi connectivity index (χ4v) is 1.39. The van der Waals surface area contributed by atoms with Crippen LogP contribution in [0.4, 0.5) is 13.2 Å². The van der Waals surface area contributed by atoms with Crippen LogP contribution in [-0.2, 0) is 0 Å². The fraction of sp³-hybridized carbons (Fsp3) is 0.294. The fourth-order valence-electron chi connectivity index (χ4n) is 1.39. The van der Waals surface area contributed by atoms with E-state index in [0.717, 1.165) is 22.8 Å². The van der Waals surface area contributed by atoms with Crippen molar-refractivity contribution in [1.29, 1.82) is 0 Å². The predicted molar refractivity (Wildman–Crippen MR) is 80.5 cm³/mol. The molecule has 0 saturated heterocycles. The summed E-state index contributed by atoms with van der Waals surface area (Å²) in [4.78, 5) is 0.